The Morgan fingerprint density at radius 2 is 2.00 bits per heavy atom. The molecular formula is C24H19N3O7. The second kappa shape index (κ2) is 9.02. The van der Waals surface area contributed by atoms with E-state index in [1.165, 1.54) is 42.5 Å². The molecule has 1 aliphatic heterocycles. The van der Waals surface area contributed by atoms with Crippen LogP contribution in [0, 0.1) is 17.0 Å². The standard InChI is InChI=1S/C24H19N3O7/c1-3-11-33-18-9-7-15(8-10-18)22(28)20-21(16-5-4-6-17(13-16)27(31)32)26(24(30)23(20)29)19-12-14(2)34-25-19/h3-10,12-13,21,28H,1,11H2,2H3/b22-20+/t21-/m0/s1. The Morgan fingerprint density at radius 1 is 1.26 bits per heavy atom. The van der Waals surface area contributed by atoms with Gasteiger partial charge in [0, 0.05) is 23.8 Å². The third-order valence-corrected chi connectivity index (χ3v) is 5.20. The zero-order valence-electron chi connectivity index (χ0n) is 18.0. The van der Waals surface area contributed by atoms with Crippen molar-refractivity contribution >= 4 is 29.0 Å². The van der Waals surface area contributed by atoms with Gasteiger partial charge in [-0.3, -0.25) is 24.6 Å². The SMILES string of the molecule is C=CCOc1ccc(/C(O)=C2\C(=O)C(=O)N(c3cc(C)on3)[C@H]2c2cccc([N+](=O)[O-])c2)cc1. The fourth-order valence-electron chi connectivity index (χ4n) is 3.68. The van der Waals surface area contributed by atoms with Crippen LogP contribution < -0.4 is 9.64 Å². The van der Waals surface area contributed by atoms with Crippen molar-refractivity contribution in [1.82, 2.24) is 5.16 Å². The van der Waals surface area contributed by atoms with Gasteiger partial charge in [-0.15, -0.1) is 0 Å². The summed E-state index contributed by atoms with van der Waals surface area (Å²) < 4.78 is 10.5. The van der Waals surface area contributed by atoms with Crippen LogP contribution in [0.1, 0.15) is 22.9 Å². The Hall–Kier alpha value is -4.73. The number of aryl methyl sites for hydroxylation is 1. The number of aromatic nitrogens is 1. The lowest BCUT2D eigenvalue weighted by molar-refractivity contribution is -0.384. The molecule has 10 nitrogen and oxygen atoms in total. The normalized spacial score (nSPS) is 17.1. The van der Waals surface area contributed by atoms with Crippen molar-refractivity contribution in [3.63, 3.8) is 0 Å². The van der Waals surface area contributed by atoms with Crippen molar-refractivity contribution < 1.29 is 28.9 Å². The molecule has 4 rings (SSSR count). The number of amides is 1. The molecule has 172 valence electrons. The molecule has 0 spiro atoms. The first-order valence-electron chi connectivity index (χ1n) is 10.1. The molecule has 0 aliphatic carbocycles. The number of carbonyl (C=O) groups is 2. The predicted octanol–water partition coefficient (Wildman–Crippen LogP) is 4.08. The minimum absolute atomic E-state index is 0.0447. The zero-order chi connectivity index (χ0) is 24.4. The summed E-state index contributed by atoms with van der Waals surface area (Å²) in [4.78, 5) is 37.9. The van der Waals surface area contributed by atoms with Crippen LogP contribution >= 0.6 is 0 Å². The molecule has 10 heteroatoms. The average Bonchev–Trinajstić information content (AvgIpc) is 3.38. The summed E-state index contributed by atoms with van der Waals surface area (Å²) in [7, 11) is 0. The maximum absolute atomic E-state index is 13.1. The molecule has 1 N–H and O–H groups in total. The van der Waals surface area contributed by atoms with E-state index in [1.807, 2.05) is 0 Å². The number of rotatable bonds is 7. The highest BCUT2D eigenvalue weighted by atomic mass is 16.6. The zero-order valence-corrected chi connectivity index (χ0v) is 18.0. The summed E-state index contributed by atoms with van der Waals surface area (Å²) in [6, 6.07) is 12.1. The quantitative estimate of drug-likeness (QED) is 0.139. The molecule has 3 aromatic rings. The highest BCUT2D eigenvalue weighted by molar-refractivity contribution is 6.51. The fourth-order valence-corrected chi connectivity index (χ4v) is 3.68. The average molecular weight is 461 g/mol. The lowest BCUT2D eigenvalue weighted by Crippen LogP contribution is -2.29. The minimum atomic E-state index is -1.17. The monoisotopic (exact) mass is 461 g/mol. The van der Waals surface area contributed by atoms with E-state index in [1.54, 1.807) is 25.1 Å². The fraction of sp³-hybridized carbons (Fsp3) is 0.125. The number of aliphatic hydroxyl groups excluding tert-OH is 1. The van der Waals surface area contributed by atoms with E-state index in [9.17, 15) is 24.8 Å². The van der Waals surface area contributed by atoms with Gasteiger partial charge in [-0.05, 0) is 36.8 Å². The predicted molar refractivity (Wildman–Crippen MR) is 121 cm³/mol. The number of hydrogen-bond donors (Lipinski definition) is 1. The summed E-state index contributed by atoms with van der Waals surface area (Å²) in [5, 5.41) is 26.3. The Bertz CT molecular complexity index is 1320. The van der Waals surface area contributed by atoms with Gasteiger partial charge < -0.3 is 14.4 Å². The summed E-state index contributed by atoms with van der Waals surface area (Å²) >= 11 is 0. The first kappa shape index (κ1) is 22.5. The van der Waals surface area contributed by atoms with Gasteiger partial charge in [0.2, 0.25) is 0 Å². The third kappa shape index (κ3) is 4.04. The Balaban J connectivity index is 1.87. The molecular weight excluding hydrogens is 442 g/mol. The van der Waals surface area contributed by atoms with Gasteiger partial charge in [0.1, 0.15) is 23.9 Å². The highest BCUT2D eigenvalue weighted by Gasteiger charge is 2.48. The van der Waals surface area contributed by atoms with E-state index in [-0.39, 0.29) is 28.2 Å². The third-order valence-electron chi connectivity index (χ3n) is 5.20. The van der Waals surface area contributed by atoms with Gasteiger partial charge in [0.25, 0.3) is 11.5 Å². The molecule has 2 aromatic carbocycles. The maximum Gasteiger partial charge on any atom is 0.301 e. The molecule has 34 heavy (non-hydrogen) atoms. The van der Waals surface area contributed by atoms with Gasteiger partial charge >= 0.3 is 5.91 Å². The number of benzene rings is 2. The number of aliphatic hydroxyl groups is 1. The van der Waals surface area contributed by atoms with E-state index < -0.39 is 28.4 Å². The number of nitro groups is 1. The van der Waals surface area contributed by atoms with Crippen molar-refractivity contribution in [2.24, 2.45) is 0 Å². The highest BCUT2D eigenvalue weighted by Crippen LogP contribution is 2.42. The molecule has 0 unspecified atom stereocenters. The summed E-state index contributed by atoms with van der Waals surface area (Å²) in [5.41, 5.74) is 0.0475. The van der Waals surface area contributed by atoms with Gasteiger partial charge in [0.05, 0.1) is 16.5 Å². The van der Waals surface area contributed by atoms with Crippen molar-refractivity contribution in [2.45, 2.75) is 13.0 Å². The Morgan fingerprint density at radius 3 is 2.62 bits per heavy atom. The van der Waals surface area contributed by atoms with Gasteiger partial charge in [-0.25, -0.2) is 0 Å². The van der Waals surface area contributed by atoms with Crippen LogP contribution in [-0.4, -0.2) is 33.5 Å². The number of ketones is 1. The van der Waals surface area contributed by atoms with Crippen LogP contribution in [0.15, 0.2) is 77.3 Å². The number of carbonyl (C=O) groups excluding carboxylic acids is 2. The van der Waals surface area contributed by atoms with Crippen LogP contribution in [0.4, 0.5) is 11.5 Å². The van der Waals surface area contributed by atoms with Gasteiger partial charge in [-0.1, -0.05) is 29.9 Å². The summed E-state index contributed by atoms with van der Waals surface area (Å²) in [5.74, 6) is -1.38. The number of anilines is 1. The maximum atomic E-state index is 13.1. The second-order valence-electron chi connectivity index (χ2n) is 7.44. The van der Waals surface area contributed by atoms with Crippen LogP contribution in [0.25, 0.3) is 5.76 Å². The first-order valence-corrected chi connectivity index (χ1v) is 10.1. The Labute approximate surface area is 193 Å². The molecule has 1 atom stereocenters. The second-order valence-corrected chi connectivity index (χ2v) is 7.44. The summed E-state index contributed by atoms with van der Waals surface area (Å²) in [6.45, 7) is 5.49. The number of non-ortho nitro benzene ring substituents is 1. The van der Waals surface area contributed by atoms with Crippen LogP contribution in [-0.2, 0) is 9.59 Å². The molecule has 2 heterocycles. The molecule has 1 amide bonds. The largest absolute Gasteiger partial charge is 0.507 e. The smallest absolute Gasteiger partial charge is 0.301 e. The summed E-state index contributed by atoms with van der Waals surface area (Å²) in [6.07, 6.45) is 1.58. The minimum Gasteiger partial charge on any atom is -0.507 e. The number of nitro benzene ring substituents is 1. The molecule has 0 radical (unpaired) electrons. The molecule has 1 saturated heterocycles. The van der Waals surface area contributed by atoms with Crippen molar-refractivity contribution in [2.75, 3.05) is 11.5 Å². The molecule has 0 bridgehead atoms. The molecule has 0 saturated carbocycles. The van der Waals surface area contributed by atoms with E-state index in [0.29, 0.717) is 18.1 Å². The molecule has 1 aromatic heterocycles. The first-order chi connectivity index (χ1) is 16.3. The lowest BCUT2D eigenvalue weighted by Gasteiger charge is -2.22. The molecule has 1 aliphatic rings. The molecule has 1 fully saturated rings. The van der Waals surface area contributed by atoms with E-state index in [2.05, 4.69) is 11.7 Å². The number of ether oxygens (including phenoxy) is 1. The Kier molecular flexibility index (Phi) is 5.96. The van der Waals surface area contributed by atoms with E-state index >= 15 is 0 Å². The topological polar surface area (TPSA) is 136 Å². The van der Waals surface area contributed by atoms with Crippen molar-refractivity contribution in [3.8, 4) is 5.75 Å². The van der Waals surface area contributed by atoms with E-state index in [0.717, 1.165) is 4.90 Å². The van der Waals surface area contributed by atoms with Gasteiger partial charge in [-0.2, -0.15) is 0 Å². The van der Waals surface area contributed by atoms with Crippen LogP contribution in [0.2, 0.25) is 0 Å². The van der Waals surface area contributed by atoms with Gasteiger partial charge in [0.15, 0.2) is 5.82 Å². The van der Waals surface area contributed by atoms with E-state index in [4.69, 9.17) is 9.26 Å². The lowest BCUT2D eigenvalue weighted by atomic mass is 9.95. The number of nitrogens with zero attached hydrogens (tertiary/aromatic N) is 3. The number of hydrogen-bond acceptors (Lipinski definition) is 8. The van der Waals surface area contributed by atoms with Crippen LogP contribution in [0.5, 0.6) is 5.75 Å². The number of Topliss-reactive ketones (excluding diaryl/α,β-unsaturated/α-hetero) is 1. The van der Waals surface area contributed by atoms with Crippen LogP contribution in [0.3, 0.4) is 0 Å². The van der Waals surface area contributed by atoms with Crippen molar-refractivity contribution in [1.29, 1.82) is 0 Å². The van der Waals surface area contributed by atoms with Crippen molar-refractivity contribution in [3.05, 3.63) is 99.8 Å².